The molecule has 7 nitrogen and oxygen atoms in total. The molecular formula is C31H43NO6. The Kier molecular flexibility index (Phi) is 13.1. The Morgan fingerprint density at radius 2 is 1.42 bits per heavy atom. The van der Waals surface area contributed by atoms with E-state index in [0.29, 0.717) is 6.42 Å². The predicted octanol–water partition coefficient (Wildman–Crippen LogP) is 6.89. The number of rotatable bonds is 19. The highest BCUT2D eigenvalue weighted by Crippen LogP contribution is 2.44. The Labute approximate surface area is 226 Å². The lowest BCUT2D eigenvalue weighted by atomic mass is 9.98. The van der Waals surface area contributed by atoms with Crippen molar-refractivity contribution >= 4 is 12.1 Å². The van der Waals surface area contributed by atoms with Gasteiger partial charge in [-0.1, -0.05) is 100 Å². The van der Waals surface area contributed by atoms with E-state index < -0.39 is 18.4 Å². The summed E-state index contributed by atoms with van der Waals surface area (Å²) >= 11 is 0. The van der Waals surface area contributed by atoms with Gasteiger partial charge < -0.3 is 24.6 Å². The van der Waals surface area contributed by atoms with Crippen molar-refractivity contribution in [3.63, 3.8) is 0 Å². The van der Waals surface area contributed by atoms with Gasteiger partial charge in [0.1, 0.15) is 6.61 Å². The van der Waals surface area contributed by atoms with Crippen LogP contribution in [0.15, 0.2) is 48.5 Å². The van der Waals surface area contributed by atoms with E-state index in [2.05, 4.69) is 36.5 Å². The number of carboxylic acids is 1. The Hall–Kier alpha value is -2.90. The molecule has 1 amide bonds. The monoisotopic (exact) mass is 525 g/mol. The van der Waals surface area contributed by atoms with Crippen LogP contribution in [0.3, 0.4) is 0 Å². The van der Waals surface area contributed by atoms with Crippen LogP contribution in [0.5, 0.6) is 0 Å². The SMILES string of the molecule is CCCCCCCCCCC(OCCNC(=O)OCC1c2ccccc2-c2ccccc21)OCCC(=O)O. The van der Waals surface area contributed by atoms with Gasteiger partial charge in [0, 0.05) is 12.5 Å². The van der Waals surface area contributed by atoms with E-state index in [4.69, 9.17) is 19.3 Å². The van der Waals surface area contributed by atoms with Crippen molar-refractivity contribution in [3.8, 4) is 11.1 Å². The summed E-state index contributed by atoms with van der Waals surface area (Å²) in [5.74, 6) is -0.879. The molecule has 1 aliphatic rings. The van der Waals surface area contributed by atoms with Crippen LogP contribution < -0.4 is 5.32 Å². The van der Waals surface area contributed by atoms with E-state index in [1.807, 2.05) is 24.3 Å². The van der Waals surface area contributed by atoms with Crippen LogP contribution in [-0.4, -0.2) is 49.8 Å². The third-order valence-corrected chi connectivity index (χ3v) is 6.93. The van der Waals surface area contributed by atoms with Crippen LogP contribution in [0.4, 0.5) is 4.79 Å². The Bertz CT molecular complexity index is 948. The number of amides is 1. The lowest BCUT2D eigenvalue weighted by Crippen LogP contribution is -2.31. The summed E-state index contributed by atoms with van der Waals surface area (Å²) in [7, 11) is 0. The molecular weight excluding hydrogens is 482 g/mol. The molecule has 208 valence electrons. The van der Waals surface area contributed by atoms with Crippen molar-refractivity contribution in [1.82, 2.24) is 5.32 Å². The van der Waals surface area contributed by atoms with Crippen molar-refractivity contribution in [1.29, 1.82) is 0 Å². The molecule has 3 rings (SSSR count). The number of fused-ring (bicyclic) bond motifs is 3. The number of unbranched alkanes of at least 4 members (excludes halogenated alkanes) is 7. The van der Waals surface area contributed by atoms with Gasteiger partial charge in [0.25, 0.3) is 0 Å². The normalized spacial score (nSPS) is 13.1. The van der Waals surface area contributed by atoms with E-state index in [1.54, 1.807) is 0 Å². The number of ether oxygens (including phenoxy) is 3. The number of aliphatic carboxylic acids is 1. The van der Waals surface area contributed by atoms with Gasteiger partial charge in [0.2, 0.25) is 0 Å². The molecule has 0 aromatic heterocycles. The van der Waals surface area contributed by atoms with Crippen molar-refractivity contribution in [2.24, 2.45) is 0 Å². The zero-order valence-corrected chi connectivity index (χ0v) is 22.7. The first-order valence-electron chi connectivity index (χ1n) is 14.1. The van der Waals surface area contributed by atoms with Crippen LogP contribution in [0.25, 0.3) is 11.1 Å². The summed E-state index contributed by atoms with van der Waals surface area (Å²) < 4.78 is 17.0. The third-order valence-electron chi connectivity index (χ3n) is 6.93. The van der Waals surface area contributed by atoms with E-state index >= 15 is 0 Å². The molecule has 2 aromatic carbocycles. The van der Waals surface area contributed by atoms with Gasteiger partial charge in [-0.25, -0.2) is 4.79 Å². The molecule has 0 aliphatic heterocycles. The van der Waals surface area contributed by atoms with Gasteiger partial charge >= 0.3 is 12.1 Å². The van der Waals surface area contributed by atoms with Crippen LogP contribution in [0.1, 0.15) is 88.2 Å². The highest BCUT2D eigenvalue weighted by atomic mass is 16.7. The minimum atomic E-state index is -0.896. The fraction of sp³-hybridized carbons (Fsp3) is 0.548. The number of benzene rings is 2. The Morgan fingerprint density at radius 3 is 2.05 bits per heavy atom. The van der Waals surface area contributed by atoms with Gasteiger partial charge in [0.05, 0.1) is 19.6 Å². The zero-order valence-electron chi connectivity index (χ0n) is 22.7. The van der Waals surface area contributed by atoms with Crippen LogP contribution in [0, 0.1) is 0 Å². The molecule has 2 N–H and O–H groups in total. The second kappa shape index (κ2) is 16.8. The van der Waals surface area contributed by atoms with Crippen molar-refractivity contribution in [3.05, 3.63) is 59.7 Å². The van der Waals surface area contributed by atoms with Gasteiger partial charge in [-0.2, -0.15) is 0 Å². The van der Waals surface area contributed by atoms with Gasteiger partial charge in [-0.15, -0.1) is 0 Å². The van der Waals surface area contributed by atoms with Crippen LogP contribution >= 0.6 is 0 Å². The summed E-state index contributed by atoms with van der Waals surface area (Å²) in [6, 6.07) is 16.5. The summed E-state index contributed by atoms with van der Waals surface area (Å²) in [6.45, 7) is 3.14. The largest absolute Gasteiger partial charge is 0.481 e. The van der Waals surface area contributed by atoms with E-state index in [-0.39, 0.29) is 38.7 Å². The third kappa shape index (κ3) is 9.76. The highest BCUT2D eigenvalue weighted by molar-refractivity contribution is 5.79. The molecule has 2 aromatic rings. The smallest absolute Gasteiger partial charge is 0.407 e. The summed E-state index contributed by atoms with van der Waals surface area (Å²) in [6.07, 6.45) is 9.33. The predicted molar refractivity (Wildman–Crippen MR) is 148 cm³/mol. The van der Waals surface area contributed by atoms with Crippen LogP contribution in [0.2, 0.25) is 0 Å². The number of alkyl carbamates (subject to hydrolysis) is 1. The summed E-state index contributed by atoms with van der Waals surface area (Å²) in [4.78, 5) is 23.2. The molecule has 0 radical (unpaired) electrons. The maximum absolute atomic E-state index is 12.4. The number of hydrogen-bond acceptors (Lipinski definition) is 5. The molecule has 7 heteroatoms. The minimum absolute atomic E-state index is 0.0167. The van der Waals surface area contributed by atoms with Gasteiger partial charge in [-0.3, -0.25) is 4.79 Å². The number of nitrogens with one attached hydrogen (secondary N) is 1. The molecule has 38 heavy (non-hydrogen) atoms. The highest BCUT2D eigenvalue weighted by Gasteiger charge is 2.28. The molecule has 0 spiro atoms. The van der Waals surface area contributed by atoms with E-state index in [0.717, 1.165) is 12.8 Å². The fourth-order valence-electron chi connectivity index (χ4n) is 4.93. The molecule has 0 saturated heterocycles. The molecule has 0 fully saturated rings. The first kappa shape index (κ1) is 29.7. The first-order chi connectivity index (χ1) is 18.6. The lowest BCUT2D eigenvalue weighted by Gasteiger charge is -2.19. The standard InChI is InChI=1S/C31H43NO6/c1-2-3-4-5-6-7-8-9-18-30(36-21-19-29(33)34)37-22-20-32-31(35)38-23-28-26-16-12-10-14-24(26)25-15-11-13-17-27(25)28/h10-17,28,30H,2-9,18-23H2,1H3,(H,32,35)(H,33,34). The minimum Gasteiger partial charge on any atom is -0.481 e. The maximum Gasteiger partial charge on any atom is 0.407 e. The molecule has 0 bridgehead atoms. The number of hydrogen-bond donors (Lipinski definition) is 2. The zero-order chi connectivity index (χ0) is 27.0. The topological polar surface area (TPSA) is 94.1 Å². The lowest BCUT2D eigenvalue weighted by molar-refractivity contribution is -0.155. The fourth-order valence-corrected chi connectivity index (χ4v) is 4.93. The number of carbonyl (C=O) groups is 2. The van der Waals surface area contributed by atoms with Crippen molar-refractivity contribution < 1.29 is 28.9 Å². The first-order valence-corrected chi connectivity index (χ1v) is 14.1. The molecule has 0 saturated carbocycles. The number of carboxylic acid groups (broad SMARTS) is 1. The summed E-state index contributed by atoms with van der Waals surface area (Å²) in [5, 5.41) is 11.6. The maximum atomic E-state index is 12.4. The molecule has 1 unspecified atom stereocenters. The van der Waals surface area contributed by atoms with E-state index in [9.17, 15) is 9.59 Å². The van der Waals surface area contributed by atoms with Gasteiger partial charge in [-0.05, 0) is 35.1 Å². The molecule has 0 heterocycles. The second-order valence-corrected chi connectivity index (χ2v) is 9.83. The van der Waals surface area contributed by atoms with Crippen LogP contribution in [-0.2, 0) is 19.0 Å². The average Bonchev–Trinajstić information content (AvgIpc) is 3.24. The molecule has 1 aliphatic carbocycles. The average molecular weight is 526 g/mol. The van der Waals surface area contributed by atoms with Gasteiger partial charge in [0.15, 0.2) is 6.29 Å². The van der Waals surface area contributed by atoms with Crippen molar-refractivity contribution in [2.45, 2.75) is 83.3 Å². The summed E-state index contributed by atoms with van der Waals surface area (Å²) in [5.41, 5.74) is 4.73. The second-order valence-electron chi connectivity index (χ2n) is 9.83. The van der Waals surface area contributed by atoms with E-state index in [1.165, 1.54) is 60.8 Å². The Morgan fingerprint density at radius 1 is 0.842 bits per heavy atom. The Balaban J connectivity index is 1.35. The molecule has 1 atom stereocenters. The van der Waals surface area contributed by atoms with Crippen molar-refractivity contribution in [2.75, 3.05) is 26.4 Å². The number of carbonyl (C=O) groups excluding carboxylic acids is 1. The quantitative estimate of drug-likeness (QED) is 0.153.